The summed E-state index contributed by atoms with van der Waals surface area (Å²) in [7, 11) is 0. The number of ketones is 2. The van der Waals surface area contributed by atoms with E-state index >= 15 is 4.79 Å². The van der Waals surface area contributed by atoms with Crippen molar-refractivity contribution in [3.63, 3.8) is 0 Å². The quantitative estimate of drug-likeness (QED) is 0.221. The fourth-order valence-corrected chi connectivity index (χ4v) is 11.7. The van der Waals surface area contributed by atoms with Crippen LogP contribution in [0, 0.1) is 51.8 Å². The van der Waals surface area contributed by atoms with Crippen LogP contribution in [0.2, 0.25) is 0 Å². The highest BCUT2D eigenvalue weighted by atomic mass is 16.6. The number of aliphatic hydroxyl groups is 3. The molecule has 7 rings (SSSR count). The minimum atomic E-state index is -2.05. The number of Topliss-reactive ketones (excluding diaryl/α,β-unsaturated/α-hetero) is 2. The molecule has 17 unspecified atom stereocenters. The van der Waals surface area contributed by atoms with Crippen molar-refractivity contribution in [1.82, 2.24) is 0 Å². The average Bonchev–Trinajstić information content (AvgIpc) is 3.59. The number of ether oxygens (including phenoxy) is 4. The lowest BCUT2D eigenvalue weighted by atomic mass is 9.40. The third-order valence-corrected chi connectivity index (χ3v) is 13.9. The van der Waals surface area contributed by atoms with Crippen molar-refractivity contribution in [3.05, 3.63) is 0 Å². The maximum absolute atomic E-state index is 15.1. The summed E-state index contributed by atoms with van der Waals surface area (Å²) in [5.41, 5.74) is -7.98. The van der Waals surface area contributed by atoms with Gasteiger partial charge >= 0.3 is 17.9 Å². The molecule has 12 heteroatoms. The number of carbonyl (C=O) groups is 5. The summed E-state index contributed by atoms with van der Waals surface area (Å²) in [6, 6.07) is 0. The SMILES string of the molecule is CC(=O)OC1CC2C(C(=O)C(O)C3(O)CC4OC4C(OC(C)=O)C23C)C2C(=O)C3C(C(C)CC4OC(=O)C(C)(O)C43C)C12C. The summed E-state index contributed by atoms with van der Waals surface area (Å²) in [5.74, 6) is -7.84. The van der Waals surface area contributed by atoms with Crippen LogP contribution in [0.15, 0.2) is 0 Å². The Morgan fingerprint density at radius 2 is 1.55 bits per heavy atom. The second-order valence-corrected chi connectivity index (χ2v) is 15.6. The van der Waals surface area contributed by atoms with Crippen LogP contribution in [-0.4, -0.2) is 92.6 Å². The normalized spacial score (nSPS) is 58.4. The second-order valence-electron chi connectivity index (χ2n) is 15.6. The molecule has 12 nitrogen and oxygen atoms in total. The molecule has 0 aromatic rings. The van der Waals surface area contributed by atoms with Gasteiger partial charge in [-0.1, -0.05) is 27.7 Å². The molecular formula is C32H42O12. The zero-order valence-corrected chi connectivity index (χ0v) is 26.1. The number of epoxide rings is 1. The van der Waals surface area contributed by atoms with Crippen molar-refractivity contribution >= 4 is 29.5 Å². The van der Waals surface area contributed by atoms with E-state index < -0.39 is 117 Å². The lowest BCUT2D eigenvalue weighted by Crippen LogP contribution is -2.77. The van der Waals surface area contributed by atoms with E-state index in [4.69, 9.17) is 18.9 Å². The van der Waals surface area contributed by atoms with E-state index in [0.717, 1.165) is 0 Å². The standard InChI is InChI=1S/C32H42O12/c1-11-8-17-30(6,31(7,39)27(38)44-17)21-19(11)28(4)16(41-12(2)33)9-14-18(20(28)23(21)36)22(35)25(37)32(40)10-15-24(43-15)26(29(14,32)5)42-13(3)34/h11,14-21,24-26,37,39-40H,8-10H2,1-7H3. The highest BCUT2D eigenvalue weighted by Crippen LogP contribution is 2.74. The largest absolute Gasteiger partial charge is 0.462 e. The number of hydrogen-bond acceptors (Lipinski definition) is 12. The van der Waals surface area contributed by atoms with Crippen LogP contribution in [0.3, 0.4) is 0 Å². The molecule has 2 aliphatic heterocycles. The van der Waals surface area contributed by atoms with Gasteiger partial charge in [0.25, 0.3) is 0 Å². The summed E-state index contributed by atoms with van der Waals surface area (Å²) in [6.45, 7) is 11.0. The summed E-state index contributed by atoms with van der Waals surface area (Å²) >= 11 is 0. The molecule has 0 spiro atoms. The molecule has 5 saturated carbocycles. The summed E-state index contributed by atoms with van der Waals surface area (Å²) < 4.78 is 23.3. The van der Waals surface area contributed by atoms with E-state index in [2.05, 4.69) is 0 Å². The van der Waals surface area contributed by atoms with Gasteiger partial charge in [-0.3, -0.25) is 19.2 Å². The first kappa shape index (κ1) is 30.3. The molecule has 5 aliphatic carbocycles. The zero-order chi connectivity index (χ0) is 32.3. The van der Waals surface area contributed by atoms with Gasteiger partial charge in [-0.05, 0) is 37.5 Å². The van der Waals surface area contributed by atoms with Gasteiger partial charge in [0.15, 0.2) is 11.4 Å². The Morgan fingerprint density at radius 1 is 0.909 bits per heavy atom. The Bertz CT molecular complexity index is 1390. The zero-order valence-electron chi connectivity index (χ0n) is 26.1. The Kier molecular flexibility index (Phi) is 5.97. The number of aliphatic hydroxyl groups excluding tert-OH is 1. The number of hydrogen-bond donors (Lipinski definition) is 3. The van der Waals surface area contributed by atoms with Crippen molar-refractivity contribution in [3.8, 4) is 0 Å². The maximum Gasteiger partial charge on any atom is 0.338 e. The Balaban J connectivity index is 1.44. The minimum Gasteiger partial charge on any atom is -0.462 e. The van der Waals surface area contributed by atoms with Gasteiger partial charge in [-0.2, -0.15) is 0 Å². The van der Waals surface area contributed by atoms with Gasteiger partial charge in [0.2, 0.25) is 0 Å². The van der Waals surface area contributed by atoms with E-state index in [9.17, 15) is 34.5 Å². The fraction of sp³-hybridized carbons (Fsp3) is 0.844. The molecule has 0 aromatic carbocycles. The average molecular weight is 619 g/mol. The lowest BCUT2D eigenvalue weighted by molar-refractivity contribution is -0.274. The van der Waals surface area contributed by atoms with Gasteiger partial charge in [0.1, 0.15) is 41.9 Å². The van der Waals surface area contributed by atoms with Gasteiger partial charge < -0.3 is 34.3 Å². The van der Waals surface area contributed by atoms with E-state index in [0.29, 0.717) is 6.42 Å². The minimum absolute atomic E-state index is 0.0544. The molecule has 17 atom stereocenters. The van der Waals surface area contributed by atoms with Crippen LogP contribution >= 0.6 is 0 Å². The molecule has 0 amide bonds. The van der Waals surface area contributed by atoms with Crippen LogP contribution in [0.25, 0.3) is 0 Å². The summed E-state index contributed by atoms with van der Waals surface area (Å²) in [4.78, 5) is 67.5. The molecule has 2 saturated heterocycles. The van der Waals surface area contributed by atoms with Crippen molar-refractivity contribution in [2.24, 2.45) is 51.8 Å². The monoisotopic (exact) mass is 618 g/mol. The fourth-order valence-electron chi connectivity index (χ4n) is 11.7. The van der Waals surface area contributed by atoms with E-state index in [1.54, 1.807) is 13.8 Å². The van der Waals surface area contributed by atoms with E-state index in [1.165, 1.54) is 20.8 Å². The molecule has 0 radical (unpaired) electrons. The van der Waals surface area contributed by atoms with Crippen molar-refractivity contribution in [2.75, 3.05) is 0 Å². The molecule has 242 valence electrons. The molecular weight excluding hydrogens is 576 g/mol. The number of carbonyl (C=O) groups excluding carboxylic acids is 5. The smallest absolute Gasteiger partial charge is 0.338 e. The number of esters is 3. The van der Waals surface area contributed by atoms with Crippen molar-refractivity contribution in [2.45, 2.75) is 116 Å². The van der Waals surface area contributed by atoms with Crippen LogP contribution in [0.4, 0.5) is 0 Å². The predicted octanol–water partition coefficient (Wildman–Crippen LogP) is 0.498. The first-order valence-electron chi connectivity index (χ1n) is 15.7. The Hall–Kier alpha value is -2.41. The Labute approximate surface area is 255 Å². The summed E-state index contributed by atoms with van der Waals surface area (Å²) in [6.07, 6.45) is -5.34. The van der Waals surface area contributed by atoms with Crippen molar-refractivity contribution < 1.29 is 58.2 Å². The van der Waals surface area contributed by atoms with Gasteiger partial charge in [0, 0.05) is 48.9 Å². The van der Waals surface area contributed by atoms with E-state index in [1.807, 2.05) is 13.8 Å². The van der Waals surface area contributed by atoms with Gasteiger partial charge in [0.05, 0.1) is 11.5 Å². The first-order chi connectivity index (χ1) is 20.3. The predicted molar refractivity (Wildman–Crippen MR) is 146 cm³/mol. The third-order valence-electron chi connectivity index (χ3n) is 13.9. The Morgan fingerprint density at radius 3 is 2.16 bits per heavy atom. The van der Waals surface area contributed by atoms with Gasteiger partial charge in [-0.25, -0.2) is 4.79 Å². The topological polar surface area (TPSA) is 186 Å². The lowest BCUT2D eigenvalue weighted by Gasteiger charge is -2.65. The molecule has 2 heterocycles. The van der Waals surface area contributed by atoms with E-state index in [-0.39, 0.29) is 24.5 Å². The molecule has 0 aromatic heterocycles. The van der Waals surface area contributed by atoms with Gasteiger partial charge in [-0.15, -0.1) is 0 Å². The van der Waals surface area contributed by atoms with Crippen LogP contribution in [-0.2, 0) is 42.9 Å². The number of rotatable bonds is 2. The summed E-state index contributed by atoms with van der Waals surface area (Å²) in [5, 5.41) is 35.5. The molecule has 3 N–H and O–H groups in total. The van der Waals surface area contributed by atoms with Crippen LogP contribution < -0.4 is 0 Å². The molecule has 7 fully saturated rings. The first-order valence-corrected chi connectivity index (χ1v) is 15.7. The number of fused-ring (bicyclic) bond motifs is 10. The van der Waals surface area contributed by atoms with Crippen LogP contribution in [0.1, 0.15) is 67.7 Å². The maximum atomic E-state index is 15.1. The van der Waals surface area contributed by atoms with Crippen LogP contribution in [0.5, 0.6) is 0 Å². The molecule has 7 aliphatic rings. The second kappa shape index (κ2) is 8.68. The molecule has 44 heavy (non-hydrogen) atoms. The molecule has 0 bridgehead atoms. The van der Waals surface area contributed by atoms with Crippen molar-refractivity contribution in [1.29, 1.82) is 0 Å². The third kappa shape index (κ3) is 3.16. The highest BCUT2D eigenvalue weighted by Gasteiger charge is 2.84. The highest BCUT2D eigenvalue weighted by molar-refractivity contribution is 5.98.